The molecule has 6 heteroatoms. The highest BCUT2D eigenvalue weighted by Gasteiger charge is 2.17. The number of fused-ring (bicyclic) bond motifs is 1. The zero-order chi connectivity index (χ0) is 16.9. The van der Waals surface area contributed by atoms with Crippen molar-refractivity contribution in [3.05, 3.63) is 59.4 Å². The number of amides is 3. The van der Waals surface area contributed by atoms with E-state index >= 15 is 0 Å². The second kappa shape index (κ2) is 7.12. The highest BCUT2D eigenvalue weighted by atomic mass is 16.2. The lowest BCUT2D eigenvalue weighted by Crippen LogP contribution is -2.36. The van der Waals surface area contributed by atoms with Crippen LogP contribution < -0.4 is 16.0 Å². The van der Waals surface area contributed by atoms with Gasteiger partial charge in [0.2, 0.25) is 5.91 Å². The van der Waals surface area contributed by atoms with Crippen LogP contribution in [0.4, 0.5) is 10.5 Å². The molecule has 124 valence electrons. The van der Waals surface area contributed by atoms with Gasteiger partial charge in [0.25, 0.3) is 0 Å². The van der Waals surface area contributed by atoms with Crippen molar-refractivity contribution in [3.8, 4) is 0 Å². The lowest BCUT2D eigenvalue weighted by Gasteiger charge is -2.20. The van der Waals surface area contributed by atoms with Gasteiger partial charge in [0.05, 0.1) is 6.04 Å². The Morgan fingerprint density at radius 1 is 1.33 bits per heavy atom. The molecule has 1 atom stereocenters. The molecule has 0 fully saturated rings. The summed E-state index contributed by atoms with van der Waals surface area (Å²) in [5, 5.41) is 8.61. The van der Waals surface area contributed by atoms with Crippen molar-refractivity contribution >= 4 is 17.6 Å². The maximum Gasteiger partial charge on any atom is 0.315 e. The van der Waals surface area contributed by atoms with E-state index in [-0.39, 0.29) is 18.0 Å². The molecule has 1 aromatic carbocycles. The number of anilines is 1. The summed E-state index contributed by atoms with van der Waals surface area (Å²) in [4.78, 5) is 27.4. The first kappa shape index (κ1) is 16.0. The summed E-state index contributed by atoms with van der Waals surface area (Å²) in [5.74, 6) is 0.0520. The normalized spacial score (nSPS) is 14.3. The van der Waals surface area contributed by atoms with Gasteiger partial charge >= 0.3 is 6.03 Å². The van der Waals surface area contributed by atoms with Gasteiger partial charge in [-0.2, -0.15) is 0 Å². The number of carbonyl (C=O) groups excluding carboxylic acids is 2. The number of hydrogen-bond donors (Lipinski definition) is 3. The van der Waals surface area contributed by atoms with Crippen molar-refractivity contribution in [3.63, 3.8) is 0 Å². The number of nitrogens with one attached hydrogen (secondary N) is 3. The van der Waals surface area contributed by atoms with Gasteiger partial charge in [-0.15, -0.1) is 0 Å². The average molecular weight is 324 g/mol. The molecular weight excluding hydrogens is 304 g/mol. The number of aryl methyl sites for hydroxylation is 1. The number of benzene rings is 1. The van der Waals surface area contributed by atoms with Crippen molar-refractivity contribution in [2.24, 2.45) is 0 Å². The molecule has 1 aliphatic heterocycles. The van der Waals surface area contributed by atoms with Crippen LogP contribution in [0.5, 0.6) is 0 Å². The molecular formula is C18H20N4O2. The minimum absolute atomic E-state index is 0.0520. The Balaban J connectivity index is 1.57. The second-order valence-corrected chi connectivity index (χ2v) is 5.87. The molecule has 2 aromatic rings. The van der Waals surface area contributed by atoms with Crippen LogP contribution in [0.2, 0.25) is 0 Å². The fraction of sp³-hybridized carbons (Fsp3) is 0.278. The molecule has 3 amide bonds. The molecule has 0 radical (unpaired) electrons. The van der Waals surface area contributed by atoms with Crippen LogP contribution in [0.25, 0.3) is 0 Å². The van der Waals surface area contributed by atoms with Crippen LogP contribution >= 0.6 is 0 Å². The van der Waals surface area contributed by atoms with E-state index in [2.05, 4.69) is 20.9 Å². The van der Waals surface area contributed by atoms with Crippen LogP contribution in [0.1, 0.15) is 36.1 Å². The van der Waals surface area contributed by atoms with E-state index in [1.54, 1.807) is 12.4 Å². The summed E-state index contributed by atoms with van der Waals surface area (Å²) < 4.78 is 0. The molecule has 24 heavy (non-hydrogen) atoms. The Kier molecular flexibility index (Phi) is 4.74. The summed E-state index contributed by atoms with van der Waals surface area (Å²) >= 11 is 0. The molecule has 2 heterocycles. The monoisotopic (exact) mass is 324 g/mol. The molecule has 0 aliphatic carbocycles. The molecule has 0 unspecified atom stereocenters. The van der Waals surface area contributed by atoms with Crippen LogP contribution in [0.3, 0.4) is 0 Å². The number of pyridine rings is 1. The number of aromatic nitrogens is 1. The number of hydrogen-bond acceptors (Lipinski definition) is 3. The average Bonchev–Trinajstić information content (AvgIpc) is 2.60. The van der Waals surface area contributed by atoms with Crippen LogP contribution in [-0.2, 0) is 17.8 Å². The molecule has 6 nitrogen and oxygen atoms in total. The lowest BCUT2D eigenvalue weighted by molar-refractivity contribution is -0.116. The maximum absolute atomic E-state index is 12.0. The van der Waals surface area contributed by atoms with Crippen molar-refractivity contribution in [2.75, 3.05) is 5.32 Å². The summed E-state index contributed by atoms with van der Waals surface area (Å²) in [6.45, 7) is 2.37. The topological polar surface area (TPSA) is 83.1 Å². The highest BCUT2D eigenvalue weighted by Crippen LogP contribution is 2.26. The lowest BCUT2D eigenvalue weighted by atomic mass is 9.98. The first-order chi connectivity index (χ1) is 11.6. The molecule has 0 bridgehead atoms. The Hall–Kier alpha value is -2.89. The fourth-order valence-electron chi connectivity index (χ4n) is 2.69. The summed E-state index contributed by atoms with van der Waals surface area (Å²) in [6.07, 6.45) is 4.66. The van der Waals surface area contributed by atoms with E-state index in [4.69, 9.17) is 0 Å². The molecule has 0 saturated heterocycles. The van der Waals surface area contributed by atoms with E-state index < -0.39 is 0 Å². The van der Waals surface area contributed by atoms with Crippen molar-refractivity contribution in [1.82, 2.24) is 15.6 Å². The van der Waals surface area contributed by atoms with Crippen molar-refractivity contribution < 1.29 is 9.59 Å². The first-order valence-corrected chi connectivity index (χ1v) is 7.98. The Morgan fingerprint density at radius 2 is 2.21 bits per heavy atom. The molecule has 1 aliphatic rings. The third-order valence-corrected chi connectivity index (χ3v) is 4.05. The van der Waals surface area contributed by atoms with E-state index in [1.165, 1.54) is 0 Å². The van der Waals surface area contributed by atoms with Gasteiger partial charge in [-0.05, 0) is 42.2 Å². The molecule has 0 spiro atoms. The van der Waals surface area contributed by atoms with Gasteiger partial charge in [0.15, 0.2) is 0 Å². The predicted octanol–water partition coefficient (Wildman–Crippen LogP) is 2.53. The Bertz CT molecular complexity index is 746. The van der Waals surface area contributed by atoms with Gasteiger partial charge in [-0.25, -0.2) is 4.79 Å². The van der Waals surface area contributed by atoms with E-state index in [0.29, 0.717) is 13.0 Å². The van der Waals surface area contributed by atoms with E-state index in [9.17, 15) is 9.59 Å². The maximum atomic E-state index is 12.0. The van der Waals surface area contributed by atoms with Gasteiger partial charge in [0.1, 0.15) is 0 Å². The third kappa shape index (κ3) is 3.90. The predicted molar refractivity (Wildman–Crippen MR) is 91.4 cm³/mol. The zero-order valence-corrected chi connectivity index (χ0v) is 13.5. The Morgan fingerprint density at radius 3 is 3.00 bits per heavy atom. The summed E-state index contributed by atoms with van der Waals surface area (Å²) in [5.41, 5.74) is 3.94. The van der Waals surface area contributed by atoms with E-state index in [0.717, 1.165) is 28.8 Å². The van der Waals surface area contributed by atoms with Gasteiger partial charge in [0, 0.05) is 31.0 Å². The number of urea groups is 1. The standard InChI is InChI=1S/C18H20N4O2/c1-12(21-18(24)20-11-13-3-2-8-19-10-13)14-4-6-16-15(9-14)5-7-17(23)22-16/h2-4,6,8-10,12H,5,7,11H2,1H3,(H,22,23)(H2,20,21,24)/t12-/m1/s1. The van der Waals surface area contributed by atoms with Gasteiger partial charge in [-0.3, -0.25) is 9.78 Å². The van der Waals surface area contributed by atoms with Crippen molar-refractivity contribution in [1.29, 1.82) is 0 Å². The van der Waals surface area contributed by atoms with Crippen LogP contribution in [-0.4, -0.2) is 16.9 Å². The largest absolute Gasteiger partial charge is 0.334 e. The zero-order valence-electron chi connectivity index (χ0n) is 13.5. The van der Waals surface area contributed by atoms with Crippen LogP contribution in [0.15, 0.2) is 42.7 Å². The SMILES string of the molecule is C[C@@H](NC(=O)NCc1cccnc1)c1ccc2c(c1)CCC(=O)N2. The number of carbonyl (C=O) groups is 2. The summed E-state index contributed by atoms with van der Waals surface area (Å²) in [6, 6.07) is 9.27. The molecule has 1 aromatic heterocycles. The number of rotatable bonds is 4. The van der Waals surface area contributed by atoms with Crippen molar-refractivity contribution in [2.45, 2.75) is 32.4 Å². The highest BCUT2D eigenvalue weighted by molar-refractivity contribution is 5.93. The first-order valence-electron chi connectivity index (χ1n) is 7.98. The Labute approximate surface area is 140 Å². The quantitative estimate of drug-likeness (QED) is 0.808. The molecule has 3 N–H and O–H groups in total. The summed E-state index contributed by atoms with van der Waals surface area (Å²) in [7, 11) is 0. The van der Waals surface area contributed by atoms with Gasteiger partial charge < -0.3 is 16.0 Å². The van der Waals surface area contributed by atoms with E-state index in [1.807, 2.05) is 37.3 Å². The third-order valence-electron chi connectivity index (χ3n) is 4.05. The fourth-order valence-corrected chi connectivity index (χ4v) is 2.69. The smallest absolute Gasteiger partial charge is 0.315 e. The minimum atomic E-state index is -0.225. The second-order valence-electron chi connectivity index (χ2n) is 5.87. The molecule has 3 rings (SSSR count). The molecule has 0 saturated carbocycles. The number of nitrogens with zero attached hydrogens (tertiary/aromatic N) is 1. The van der Waals surface area contributed by atoms with Crippen LogP contribution in [0, 0.1) is 0 Å². The minimum Gasteiger partial charge on any atom is -0.334 e. The van der Waals surface area contributed by atoms with Gasteiger partial charge in [-0.1, -0.05) is 18.2 Å².